The smallest absolute Gasteiger partial charge is 0.413 e. The second kappa shape index (κ2) is 7.73. The molecular weight excluding hydrogens is 314 g/mol. The van der Waals surface area contributed by atoms with Crippen molar-refractivity contribution in [2.45, 2.75) is 24.3 Å². The maximum atomic E-state index is 11.9. The van der Waals surface area contributed by atoms with Gasteiger partial charge in [-0.3, -0.25) is 10.1 Å². The number of imide groups is 1. The summed E-state index contributed by atoms with van der Waals surface area (Å²) in [7, 11) is 1.20. The van der Waals surface area contributed by atoms with Crippen LogP contribution in [0.25, 0.3) is 11.3 Å². The number of rotatable bonds is 4. The molecule has 120 valence electrons. The van der Waals surface area contributed by atoms with Crippen LogP contribution >= 0.6 is 11.8 Å². The van der Waals surface area contributed by atoms with Gasteiger partial charge in [0.25, 0.3) is 0 Å². The van der Waals surface area contributed by atoms with Gasteiger partial charge in [0.05, 0.1) is 18.1 Å². The Morgan fingerprint density at radius 3 is 2.57 bits per heavy atom. The molecule has 0 aliphatic carbocycles. The van der Waals surface area contributed by atoms with Gasteiger partial charge < -0.3 is 4.74 Å². The number of hydrogen-bond acceptors (Lipinski definition) is 6. The Bertz CT molecular complexity index is 707. The fourth-order valence-electron chi connectivity index (χ4n) is 1.82. The monoisotopic (exact) mass is 331 g/mol. The molecule has 2 amide bonds. The van der Waals surface area contributed by atoms with Crippen molar-refractivity contribution >= 4 is 23.8 Å². The van der Waals surface area contributed by atoms with E-state index in [1.54, 1.807) is 6.92 Å². The van der Waals surface area contributed by atoms with Crippen molar-refractivity contribution in [1.82, 2.24) is 15.3 Å². The van der Waals surface area contributed by atoms with E-state index in [-0.39, 0.29) is 0 Å². The lowest BCUT2D eigenvalue weighted by molar-refractivity contribution is -0.119. The van der Waals surface area contributed by atoms with Crippen molar-refractivity contribution in [3.63, 3.8) is 0 Å². The van der Waals surface area contributed by atoms with Crippen LogP contribution in [0.1, 0.15) is 12.6 Å². The van der Waals surface area contributed by atoms with Crippen LogP contribution in [-0.4, -0.2) is 34.3 Å². The first-order valence-electron chi connectivity index (χ1n) is 6.96. The van der Waals surface area contributed by atoms with Gasteiger partial charge in [-0.25, -0.2) is 14.8 Å². The molecule has 0 saturated carbocycles. The van der Waals surface area contributed by atoms with Crippen molar-refractivity contribution in [2.75, 3.05) is 7.11 Å². The molecule has 1 aromatic heterocycles. The molecule has 1 N–H and O–H groups in total. The Hall–Kier alpha value is -2.41. The van der Waals surface area contributed by atoms with Crippen LogP contribution in [0.3, 0.4) is 0 Å². The van der Waals surface area contributed by atoms with E-state index in [4.69, 9.17) is 0 Å². The molecule has 2 rings (SSSR count). The van der Waals surface area contributed by atoms with Crippen LogP contribution in [-0.2, 0) is 9.53 Å². The molecule has 0 aliphatic heterocycles. The summed E-state index contributed by atoms with van der Waals surface area (Å²) in [5, 5.41) is 2.09. The van der Waals surface area contributed by atoms with Gasteiger partial charge in [0.2, 0.25) is 5.91 Å². The van der Waals surface area contributed by atoms with Crippen molar-refractivity contribution in [1.29, 1.82) is 0 Å². The van der Waals surface area contributed by atoms with Crippen molar-refractivity contribution < 1.29 is 14.3 Å². The Kier molecular flexibility index (Phi) is 5.70. The maximum absolute atomic E-state index is 11.9. The van der Waals surface area contributed by atoms with Crippen LogP contribution in [0.5, 0.6) is 0 Å². The second-order valence-electron chi connectivity index (χ2n) is 4.78. The molecule has 1 heterocycles. The number of carbonyl (C=O) groups excluding carboxylic acids is 2. The molecule has 0 spiro atoms. The van der Waals surface area contributed by atoms with Gasteiger partial charge in [-0.2, -0.15) is 0 Å². The molecule has 0 bridgehead atoms. The zero-order valence-electron chi connectivity index (χ0n) is 13.1. The molecule has 0 radical (unpaired) electrons. The van der Waals surface area contributed by atoms with E-state index in [0.29, 0.717) is 5.16 Å². The van der Waals surface area contributed by atoms with Gasteiger partial charge >= 0.3 is 6.09 Å². The zero-order valence-corrected chi connectivity index (χ0v) is 13.9. The highest BCUT2D eigenvalue weighted by molar-refractivity contribution is 8.00. The Morgan fingerprint density at radius 1 is 1.22 bits per heavy atom. The van der Waals surface area contributed by atoms with Crippen molar-refractivity contribution in [2.24, 2.45) is 0 Å². The third kappa shape index (κ3) is 4.79. The molecule has 0 aliphatic rings. The number of thioether (sulfide) groups is 1. The zero-order chi connectivity index (χ0) is 16.8. The maximum Gasteiger partial charge on any atom is 0.413 e. The average molecular weight is 331 g/mol. The van der Waals surface area contributed by atoms with E-state index >= 15 is 0 Å². The van der Waals surface area contributed by atoms with Crippen molar-refractivity contribution in [3.8, 4) is 11.3 Å². The van der Waals surface area contributed by atoms with Gasteiger partial charge in [0, 0.05) is 11.3 Å². The minimum atomic E-state index is -0.780. The number of methoxy groups -OCH3 is 1. The topological polar surface area (TPSA) is 81.2 Å². The number of alkyl carbamates (subject to hydrolysis) is 1. The fourth-order valence-corrected chi connectivity index (χ4v) is 2.65. The second-order valence-corrected chi connectivity index (χ2v) is 6.09. The number of amides is 2. The quantitative estimate of drug-likeness (QED) is 0.685. The summed E-state index contributed by atoms with van der Waals surface area (Å²) in [5.74, 6) is -0.451. The summed E-state index contributed by atoms with van der Waals surface area (Å²) in [6, 6.07) is 11.6. The normalized spacial score (nSPS) is 11.6. The molecule has 1 atom stereocenters. The van der Waals surface area contributed by atoms with Crippen LogP contribution < -0.4 is 5.32 Å². The molecule has 6 nitrogen and oxygen atoms in total. The molecule has 2 aromatic rings. The van der Waals surface area contributed by atoms with Gasteiger partial charge in [0.1, 0.15) is 0 Å². The van der Waals surface area contributed by atoms with Gasteiger partial charge in [-0.05, 0) is 19.9 Å². The van der Waals surface area contributed by atoms with Crippen LogP contribution in [0.2, 0.25) is 0 Å². The van der Waals surface area contributed by atoms with Gasteiger partial charge in [-0.1, -0.05) is 42.1 Å². The number of aryl methyl sites for hydroxylation is 1. The summed E-state index contributed by atoms with van der Waals surface area (Å²) in [4.78, 5) is 31.8. The Balaban J connectivity index is 2.16. The van der Waals surface area contributed by atoms with E-state index in [2.05, 4.69) is 20.0 Å². The number of carbonyl (C=O) groups is 2. The highest BCUT2D eigenvalue weighted by Crippen LogP contribution is 2.24. The molecule has 0 fully saturated rings. The van der Waals surface area contributed by atoms with Gasteiger partial charge in [-0.15, -0.1) is 0 Å². The molecule has 0 saturated heterocycles. The third-order valence-electron chi connectivity index (χ3n) is 2.97. The van der Waals surface area contributed by atoms with Crippen LogP contribution in [0.15, 0.2) is 41.6 Å². The summed E-state index contributed by atoms with van der Waals surface area (Å²) in [6.07, 6.45) is -0.780. The lowest BCUT2D eigenvalue weighted by Crippen LogP contribution is -2.35. The summed E-state index contributed by atoms with van der Waals surface area (Å²) in [6.45, 7) is 3.55. The first-order valence-corrected chi connectivity index (χ1v) is 7.84. The molecule has 23 heavy (non-hydrogen) atoms. The number of ether oxygens (including phenoxy) is 1. The van der Waals surface area contributed by atoms with E-state index in [9.17, 15) is 9.59 Å². The first kappa shape index (κ1) is 17.0. The van der Waals surface area contributed by atoms with Gasteiger partial charge in [0.15, 0.2) is 5.16 Å². The third-order valence-corrected chi connectivity index (χ3v) is 3.93. The fraction of sp³-hybridized carbons (Fsp3) is 0.250. The predicted molar refractivity (Wildman–Crippen MR) is 88.1 cm³/mol. The molecule has 7 heteroatoms. The minimum absolute atomic E-state index is 0.451. The lowest BCUT2D eigenvalue weighted by atomic mass is 10.1. The highest BCUT2D eigenvalue weighted by atomic mass is 32.2. The highest BCUT2D eigenvalue weighted by Gasteiger charge is 2.19. The number of aromatic nitrogens is 2. The summed E-state index contributed by atoms with van der Waals surface area (Å²) >= 11 is 1.19. The number of nitrogens with one attached hydrogen (secondary N) is 1. The van der Waals surface area contributed by atoms with Crippen molar-refractivity contribution in [3.05, 3.63) is 42.1 Å². The van der Waals surface area contributed by atoms with E-state index in [1.165, 1.54) is 18.9 Å². The molecule has 0 unspecified atom stereocenters. The average Bonchev–Trinajstić information content (AvgIpc) is 2.54. The summed E-state index contributed by atoms with van der Waals surface area (Å²) < 4.78 is 4.41. The number of hydrogen-bond donors (Lipinski definition) is 1. The SMILES string of the molecule is COC(=O)NC(=O)[C@H](C)Sc1nc(C)cc(-c2ccccc2)n1. The van der Waals surface area contributed by atoms with E-state index < -0.39 is 17.3 Å². The summed E-state index contributed by atoms with van der Waals surface area (Å²) in [5.41, 5.74) is 2.58. The largest absolute Gasteiger partial charge is 0.453 e. The predicted octanol–water partition coefficient (Wildman–Crippen LogP) is 2.82. The Morgan fingerprint density at radius 2 is 1.91 bits per heavy atom. The van der Waals surface area contributed by atoms with E-state index in [0.717, 1.165) is 17.0 Å². The standard InChI is InChI=1S/C16H17N3O3S/c1-10-9-13(12-7-5-4-6-8-12)18-15(17-10)23-11(2)14(20)19-16(21)22-3/h4-9,11H,1-3H3,(H,19,20,21)/t11-/m0/s1. The van der Waals surface area contributed by atoms with Crippen LogP contribution in [0.4, 0.5) is 4.79 Å². The lowest BCUT2D eigenvalue weighted by Gasteiger charge is -2.11. The number of benzene rings is 1. The number of nitrogens with zero attached hydrogens (tertiary/aromatic N) is 2. The van der Waals surface area contributed by atoms with Crippen LogP contribution in [0, 0.1) is 6.92 Å². The first-order chi connectivity index (χ1) is 11.0. The molecule has 1 aromatic carbocycles. The molecular formula is C16H17N3O3S. The Labute approximate surface area is 138 Å². The van der Waals surface area contributed by atoms with E-state index in [1.807, 2.05) is 43.3 Å². The minimum Gasteiger partial charge on any atom is -0.453 e.